The topological polar surface area (TPSA) is 27.0 Å². The van der Waals surface area contributed by atoms with Crippen molar-refractivity contribution in [2.24, 2.45) is 0 Å². The molecule has 0 unspecified atom stereocenters. The van der Waals surface area contributed by atoms with Crippen LogP contribution in [0.15, 0.2) is 30.5 Å². The number of aryl methyl sites for hydroxylation is 1. The molecule has 1 aromatic carbocycles. The van der Waals surface area contributed by atoms with Gasteiger partial charge in [-0.25, -0.2) is 0 Å². The smallest absolute Gasteiger partial charge is 0.0992 e. The molecule has 2 nitrogen and oxygen atoms in total. The predicted octanol–water partition coefficient (Wildman–Crippen LogP) is 3.23. The zero-order valence-corrected chi connectivity index (χ0v) is 9.49. The van der Waals surface area contributed by atoms with E-state index in [9.17, 15) is 0 Å². The number of hydrogen-bond donors (Lipinski definition) is 0. The van der Waals surface area contributed by atoms with Gasteiger partial charge in [0.1, 0.15) is 0 Å². The molecule has 1 aromatic rings. The van der Waals surface area contributed by atoms with Crippen molar-refractivity contribution in [2.75, 3.05) is 11.9 Å². The summed E-state index contributed by atoms with van der Waals surface area (Å²) in [4.78, 5) is 2.04. The second-order valence-electron chi connectivity index (χ2n) is 3.52. The van der Waals surface area contributed by atoms with Crippen LogP contribution in [0.4, 0.5) is 5.69 Å². The third kappa shape index (κ3) is 2.85. The van der Waals surface area contributed by atoms with Gasteiger partial charge in [0.05, 0.1) is 11.6 Å². The van der Waals surface area contributed by atoms with Gasteiger partial charge >= 0.3 is 0 Å². The van der Waals surface area contributed by atoms with Crippen molar-refractivity contribution in [3.8, 4) is 6.07 Å². The first-order chi connectivity index (χ1) is 7.19. The summed E-state index contributed by atoms with van der Waals surface area (Å²) in [6.45, 7) is 4.15. The number of benzene rings is 1. The molecule has 0 aliphatic carbocycles. The van der Waals surface area contributed by atoms with Crippen molar-refractivity contribution >= 4 is 5.69 Å². The van der Waals surface area contributed by atoms with E-state index in [1.54, 1.807) is 0 Å². The Morgan fingerprint density at radius 1 is 1.47 bits per heavy atom. The molecule has 0 aliphatic heterocycles. The molecule has 0 spiro atoms. The maximum Gasteiger partial charge on any atom is 0.0992 e. The highest BCUT2D eigenvalue weighted by Gasteiger charge is 2.02. The summed E-state index contributed by atoms with van der Waals surface area (Å²) < 4.78 is 0. The van der Waals surface area contributed by atoms with E-state index in [-0.39, 0.29) is 0 Å². The summed E-state index contributed by atoms with van der Waals surface area (Å²) in [6, 6.07) is 7.89. The zero-order chi connectivity index (χ0) is 11.3. The van der Waals surface area contributed by atoms with Gasteiger partial charge in [-0.15, -0.1) is 0 Å². The average Bonchev–Trinajstić information content (AvgIpc) is 2.26. The molecule has 0 atom stereocenters. The Bertz CT molecular complexity index is 399. The van der Waals surface area contributed by atoms with Crippen molar-refractivity contribution < 1.29 is 0 Å². The lowest BCUT2D eigenvalue weighted by Crippen LogP contribution is -2.09. The molecule has 78 valence electrons. The number of nitriles is 1. The molecule has 0 fully saturated rings. The largest absolute Gasteiger partial charge is 0.351 e. The summed E-state index contributed by atoms with van der Waals surface area (Å²) >= 11 is 0. The molecular weight excluding hydrogens is 184 g/mol. The van der Waals surface area contributed by atoms with Gasteiger partial charge in [0.15, 0.2) is 0 Å². The maximum absolute atomic E-state index is 8.82. The summed E-state index contributed by atoms with van der Waals surface area (Å²) in [7, 11) is 2.00. The second-order valence-corrected chi connectivity index (χ2v) is 3.52. The van der Waals surface area contributed by atoms with Gasteiger partial charge in [0.2, 0.25) is 0 Å². The van der Waals surface area contributed by atoms with E-state index < -0.39 is 0 Å². The molecule has 15 heavy (non-hydrogen) atoms. The van der Waals surface area contributed by atoms with Crippen LogP contribution >= 0.6 is 0 Å². The number of hydrogen-bond acceptors (Lipinski definition) is 2. The fourth-order valence-electron chi connectivity index (χ4n) is 1.40. The molecule has 0 saturated heterocycles. The van der Waals surface area contributed by atoms with Gasteiger partial charge in [-0.3, -0.25) is 0 Å². The average molecular weight is 200 g/mol. The summed E-state index contributed by atoms with van der Waals surface area (Å²) in [5.41, 5.74) is 2.96. The van der Waals surface area contributed by atoms with E-state index in [2.05, 4.69) is 19.1 Å². The molecule has 0 N–H and O–H groups in total. The number of allylic oxidation sites excluding steroid dienone is 1. The Morgan fingerprint density at radius 2 is 2.20 bits per heavy atom. The van der Waals surface area contributed by atoms with Crippen molar-refractivity contribution in [3.05, 3.63) is 41.6 Å². The van der Waals surface area contributed by atoms with Gasteiger partial charge in [0, 0.05) is 12.7 Å². The van der Waals surface area contributed by atoms with Crippen LogP contribution in [0.25, 0.3) is 0 Å². The fraction of sp³-hybridized carbons (Fsp3) is 0.308. The van der Waals surface area contributed by atoms with Crippen LogP contribution in [0.5, 0.6) is 0 Å². The van der Waals surface area contributed by atoms with Crippen LogP contribution in [-0.4, -0.2) is 7.05 Å². The Morgan fingerprint density at radius 3 is 2.80 bits per heavy atom. The molecule has 0 aliphatic rings. The van der Waals surface area contributed by atoms with Crippen molar-refractivity contribution in [1.82, 2.24) is 0 Å². The first-order valence-corrected chi connectivity index (χ1v) is 5.09. The monoisotopic (exact) mass is 200 g/mol. The highest BCUT2D eigenvalue weighted by atomic mass is 15.1. The third-order valence-corrected chi connectivity index (χ3v) is 2.28. The third-order valence-electron chi connectivity index (χ3n) is 2.28. The minimum atomic E-state index is 0.701. The van der Waals surface area contributed by atoms with Crippen LogP contribution in [0.1, 0.15) is 24.5 Å². The molecule has 0 bridgehead atoms. The summed E-state index contributed by atoms with van der Waals surface area (Å²) in [6.07, 6.45) is 5.14. The molecule has 0 heterocycles. The van der Waals surface area contributed by atoms with Gasteiger partial charge in [0.25, 0.3) is 0 Å². The summed E-state index contributed by atoms with van der Waals surface area (Å²) in [5.74, 6) is 0. The molecule has 0 radical (unpaired) electrons. The van der Waals surface area contributed by atoms with E-state index in [4.69, 9.17) is 5.26 Å². The first-order valence-electron chi connectivity index (χ1n) is 5.09. The van der Waals surface area contributed by atoms with E-state index in [1.165, 1.54) is 5.56 Å². The Kier molecular flexibility index (Phi) is 3.93. The van der Waals surface area contributed by atoms with Crippen LogP contribution < -0.4 is 4.90 Å². The highest BCUT2D eigenvalue weighted by molar-refractivity contribution is 5.58. The molecule has 1 rings (SSSR count). The maximum atomic E-state index is 8.82. The van der Waals surface area contributed by atoms with Crippen LogP contribution in [0.2, 0.25) is 0 Å². The lowest BCUT2D eigenvalue weighted by Gasteiger charge is -2.17. The minimum Gasteiger partial charge on any atom is -0.351 e. The Balaban J connectivity index is 3.02. The first kappa shape index (κ1) is 11.3. The lowest BCUT2D eigenvalue weighted by atomic mass is 10.1. The van der Waals surface area contributed by atoms with Gasteiger partial charge in [-0.05, 0) is 37.2 Å². The molecule has 2 heteroatoms. The standard InChI is InChI=1S/C13H16N2/c1-4-5-8-15(3)13-9-12(10-14)7-6-11(13)2/h5-9H,4H2,1-3H3/b8-5-. The minimum absolute atomic E-state index is 0.701. The zero-order valence-electron chi connectivity index (χ0n) is 9.49. The Hall–Kier alpha value is -1.75. The fourth-order valence-corrected chi connectivity index (χ4v) is 1.40. The second kappa shape index (κ2) is 5.21. The van der Waals surface area contributed by atoms with E-state index in [1.807, 2.05) is 43.3 Å². The Labute approximate surface area is 91.4 Å². The van der Waals surface area contributed by atoms with E-state index in [0.29, 0.717) is 5.56 Å². The SMILES string of the molecule is CC/C=C\N(C)c1cc(C#N)ccc1C. The molecule has 0 saturated carbocycles. The number of rotatable bonds is 3. The van der Waals surface area contributed by atoms with Crippen LogP contribution in [-0.2, 0) is 0 Å². The molecule has 0 aromatic heterocycles. The number of nitrogens with zero attached hydrogens (tertiary/aromatic N) is 2. The van der Waals surface area contributed by atoms with Gasteiger partial charge in [-0.2, -0.15) is 5.26 Å². The van der Waals surface area contributed by atoms with Crippen molar-refractivity contribution in [2.45, 2.75) is 20.3 Å². The normalized spacial score (nSPS) is 10.3. The summed E-state index contributed by atoms with van der Waals surface area (Å²) in [5, 5.41) is 8.82. The quantitative estimate of drug-likeness (QED) is 0.749. The predicted molar refractivity (Wildman–Crippen MR) is 63.7 cm³/mol. The van der Waals surface area contributed by atoms with Gasteiger partial charge in [-0.1, -0.05) is 19.1 Å². The van der Waals surface area contributed by atoms with Crippen molar-refractivity contribution in [1.29, 1.82) is 5.26 Å². The van der Waals surface area contributed by atoms with Crippen LogP contribution in [0.3, 0.4) is 0 Å². The van der Waals surface area contributed by atoms with Crippen molar-refractivity contribution in [3.63, 3.8) is 0 Å². The lowest BCUT2D eigenvalue weighted by molar-refractivity contribution is 1.13. The van der Waals surface area contributed by atoms with E-state index in [0.717, 1.165) is 12.1 Å². The number of anilines is 1. The van der Waals surface area contributed by atoms with Gasteiger partial charge < -0.3 is 4.90 Å². The highest BCUT2D eigenvalue weighted by Crippen LogP contribution is 2.20. The molecule has 0 amide bonds. The van der Waals surface area contributed by atoms with Crippen LogP contribution in [0, 0.1) is 18.3 Å². The molecular formula is C13H16N2. The van der Waals surface area contributed by atoms with E-state index >= 15 is 0 Å².